The van der Waals surface area contributed by atoms with Crippen LogP contribution in [0.25, 0.3) is 0 Å². The Labute approximate surface area is 170 Å². The zero-order valence-electron chi connectivity index (χ0n) is 17.4. The Bertz CT molecular complexity index is 594. The fourth-order valence-corrected chi connectivity index (χ4v) is 2.74. The summed E-state index contributed by atoms with van der Waals surface area (Å²) in [5.74, 6) is -1.09. The molecule has 0 heterocycles. The molecule has 0 saturated carbocycles. The molecule has 0 fully saturated rings. The molecule has 0 aromatic heterocycles. The highest BCUT2D eigenvalue weighted by Gasteiger charge is 2.35. The van der Waals surface area contributed by atoms with E-state index in [1.807, 2.05) is 13.8 Å². The first-order valence-corrected chi connectivity index (χ1v) is 9.45. The third-order valence-corrected chi connectivity index (χ3v) is 4.05. The van der Waals surface area contributed by atoms with Crippen LogP contribution in [-0.4, -0.2) is 59.9 Å². The van der Waals surface area contributed by atoms with Crippen LogP contribution in [0.1, 0.15) is 47.0 Å². The van der Waals surface area contributed by atoms with Crippen molar-refractivity contribution in [3.05, 3.63) is 11.6 Å². The third kappa shape index (κ3) is 10.5. The molecule has 0 aromatic carbocycles. The molecule has 2 amide bonds. The number of amides is 2. The summed E-state index contributed by atoms with van der Waals surface area (Å²) in [7, 11) is 0. The molecule has 0 unspecified atom stereocenters. The van der Waals surface area contributed by atoms with Crippen LogP contribution in [0.5, 0.6) is 0 Å². The lowest BCUT2D eigenvalue weighted by Crippen LogP contribution is -2.57. The molecule has 0 bridgehead atoms. The molecule has 166 valence electrons. The number of guanidine groups is 1. The lowest BCUT2D eigenvalue weighted by atomic mass is 9.88. The lowest BCUT2D eigenvalue weighted by Gasteiger charge is -2.36. The van der Waals surface area contributed by atoms with Gasteiger partial charge in [0.25, 0.3) is 0 Å². The second-order valence-electron chi connectivity index (χ2n) is 6.39. The highest BCUT2D eigenvalue weighted by Crippen LogP contribution is 2.24. The number of hydrogen-bond donors (Lipinski definition) is 6. The first-order chi connectivity index (χ1) is 13.5. The van der Waals surface area contributed by atoms with Crippen LogP contribution >= 0.6 is 0 Å². The van der Waals surface area contributed by atoms with Gasteiger partial charge in [-0.1, -0.05) is 13.8 Å². The number of rotatable bonds is 7. The number of nitrogens with two attached hydrogens (primary N) is 2. The van der Waals surface area contributed by atoms with Crippen molar-refractivity contribution in [1.29, 1.82) is 5.41 Å². The zero-order valence-corrected chi connectivity index (χ0v) is 17.4. The number of ether oxygens (including phenoxy) is 2. The van der Waals surface area contributed by atoms with Gasteiger partial charge in [0.1, 0.15) is 0 Å². The van der Waals surface area contributed by atoms with Crippen molar-refractivity contribution in [3.63, 3.8) is 0 Å². The monoisotopic (exact) mass is 415 g/mol. The van der Waals surface area contributed by atoms with Gasteiger partial charge in [-0.25, -0.2) is 9.59 Å². The maximum Gasteiger partial charge on any atom is 0.411 e. The molecule has 1 aliphatic rings. The zero-order chi connectivity index (χ0) is 22.6. The van der Waals surface area contributed by atoms with Gasteiger partial charge >= 0.3 is 12.1 Å². The van der Waals surface area contributed by atoms with Gasteiger partial charge in [-0.15, -0.1) is 0 Å². The predicted molar refractivity (Wildman–Crippen MR) is 107 cm³/mol. The van der Waals surface area contributed by atoms with Crippen LogP contribution in [0, 0.1) is 5.41 Å². The number of carbonyl (C=O) groups excluding carboxylic acids is 2. The maximum atomic E-state index is 12.0. The van der Waals surface area contributed by atoms with E-state index in [4.69, 9.17) is 25.7 Å². The molecule has 0 radical (unpaired) electrons. The standard InChI is InChI=1S/C16H28N2O4.C2H5N3O2/c1-5-12(6-2)22-14-9-11(16(20)21-7-3)8-13(17)15(14)18-10(4)19;3-1(4)5-2(6)7/h9,12-15H,5-8,17H2,1-4H3,(H,18,19);(H,6,7)(H4,3,4,5)/t13-,14+,15+;/m0./s1. The van der Waals surface area contributed by atoms with Crippen molar-refractivity contribution < 1.29 is 29.0 Å². The minimum Gasteiger partial charge on any atom is -0.465 e. The van der Waals surface area contributed by atoms with Gasteiger partial charge in [-0.05, 0) is 32.3 Å². The van der Waals surface area contributed by atoms with Gasteiger partial charge in [0.05, 0.1) is 24.9 Å². The molecule has 11 nitrogen and oxygen atoms in total. The van der Waals surface area contributed by atoms with Gasteiger partial charge in [0.2, 0.25) is 5.91 Å². The number of hydrogen-bond acceptors (Lipinski definition) is 7. The van der Waals surface area contributed by atoms with E-state index in [0.717, 1.165) is 12.8 Å². The number of esters is 1. The average Bonchev–Trinajstić information content (AvgIpc) is 2.61. The second kappa shape index (κ2) is 13.5. The van der Waals surface area contributed by atoms with Gasteiger partial charge in [-0.2, -0.15) is 0 Å². The molecule has 0 saturated heterocycles. The molecule has 1 aliphatic carbocycles. The third-order valence-electron chi connectivity index (χ3n) is 4.05. The average molecular weight is 415 g/mol. The molecular formula is C18H33N5O6. The van der Waals surface area contributed by atoms with Crippen LogP contribution in [0.3, 0.4) is 0 Å². The topological polar surface area (TPSA) is 190 Å². The number of carbonyl (C=O) groups is 3. The van der Waals surface area contributed by atoms with E-state index >= 15 is 0 Å². The molecule has 0 spiro atoms. The highest BCUT2D eigenvalue weighted by molar-refractivity contribution is 5.90. The maximum absolute atomic E-state index is 12.0. The van der Waals surface area contributed by atoms with E-state index in [-0.39, 0.29) is 30.1 Å². The van der Waals surface area contributed by atoms with Crippen LogP contribution in [0.4, 0.5) is 4.79 Å². The van der Waals surface area contributed by atoms with Gasteiger partial charge in [-0.3, -0.25) is 15.5 Å². The minimum absolute atomic E-state index is 0.0613. The number of nitrogens with one attached hydrogen (secondary N) is 3. The number of carboxylic acid groups (broad SMARTS) is 1. The van der Waals surface area contributed by atoms with E-state index in [0.29, 0.717) is 18.6 Å². The Morgan fingerprint density at radius 3 is 2.28 bits per heavy atom. The van der Waals surface area contributed by atoms with Crippen molar-refractivity contribution in [3.8, 4) is 0 Å². The molecule has 0 aliphatic heterocycles. The quantitative estimate of drug-likeness (QED) is 0.196. The normalized spacial score (nSPS) is 20.6. The summed E-state index contributed by atoms with van der Waals surface area (Å²) in [5.41, 5.74) is 11.3. The molecule has 29 heavy (non-hydrogen) atoms. The molecular weight excluding hydrogens is 382 g/mol. The summed E-state index contributed by atoms with van der Waals surface area (Å²) >= 11 is 0. The molecule has 3 atom stereocenters. The van der Waals surface area contributed by atoms with E-state index < -0.39 is 18.2 Å². The SMILES string of the molecule is CCOC(=O)C1=C[C@@H](OC(CC)CC)[C@H](NC(C)=O)[C@@H](N)C1.N=C(N)NC(=O)O. The smallest absolute Gasteiger partial charge is 0.411 e. The van der Waals surface area contributed by atoms with Crippen molar-refractivity contribution in [1.82, 2.24) is 10.6 Å². The first kappa shape index (κ1) is 26.3. The van der Waals surface area contributed by atoms with Crippen LogP contribution < -0.4 is 22.1 Å². The van der Waals surface area contributed by atoms with Crippen molar-refractivity contribution in [2.24, 2.45) is 11.5 Å². The fraction of sp³-hybridized carbons (Fsp3) is 0.667. The Morgan fingerprint density at radius 2 is 1.90 bits per heavy atom. The Balaban J connectivity index is 0.000000956. The lowest BCUT2D eigenvalue weighted by molar-refractivity contribution is -0.139. The predicted octanol–water partition coefficient (Wildman–Crippen LogP) is 0.433. The summed E-state index contributed by atoms with van der Waals surface area (Å²) in [6.07, 6.45) is 2.16. The van der Waals surface area contributed by atoms with E-state index in [9.17, 15) is 14.4 Å². The van der Waals surface area contributed by atoms with Crippen molar-refractivity contribution in [2.45, 2.75) is 71.2 Å². The molecule has 1 rings (SSSR count). The Hall–Kier alpha value is -2.66. The van der Waals surface area contributed by atoms with E-state index in [1.54, 1.807) is 18.3 Å². The second-order valence-corrected chi connectivity index (χ2v) is 6.39. The summed E-state index contributed by atoms with van der Waals surface area (Å²) in [6.45, 7) is 7.62. The summed E-state index contributed by atoms with van der Waals surface area (Å²) in [4.78, 5) is 32.8. The van der Waals surface area contributed by atoms with Crippen molar-refractivity contribution >= 4 is 23.9 Å². The Kier molecular flexibility index (Phi) is 12.3. The molecule has 0 aromatic rings. The van der Waals surface area contributed by atoms with Crippen LogP contribution in [-0.2, 0) is 19.1 Å². The highest BCUT2D eigenvalue weighted by atomic mass is 16.5. The molecule has 11 heteroatoms. The van der Waals surface area contributed by atoms with Gasteiger partial charge in [0, 0.05) is 18.5 Å². The summed E-state index contributed by atoms with van der Waals surface area (Å²) < 4.78 is 11.1. The minimum atomic E-state index is -1.31. The fourth-order valence-electron chi connectivity index (χ4n) is 2.74. The molecule has 8 N–H and O–H groups in total. The summed E-state index contributed by atoms with van der Waals surface area (Å²) in [5, 5.41) is 18.5. The van der Waals surface area contributed by atoms with E-state index in [1.165, 1.54) is 6.92 Å². The van der Waals surface area contributed by atoms with E-state index in [2.05, 4.69) is 11.1 Å². The summed E-state index contributed by atoms with van der Waals surface area (Å²) in [6, 6.07) is -0.719. The van der Waals surface area contributed by atoms with Crippen LogP contribution in [0.2, 0.25) is 0 Å². The Morgan fingerprint density at radius 1 is 1.31 bits per heavy atom. The largest absolute Gasteiger partial charge is 0.465 e. The van der Waals surface area contributed by atoms with Crippen molar-refractivity contribution in [2.75, 3.05) is 6.61 Å². The van der Waals surface area contributed by atoms with Gasteiger partial charge in [0.15, 0.2) is 5.96 Å². The van der Waals surface area contributed by atoms with Crippen LogP contribution in [0.15, 0.2) is 11.6 Å². The van der Waals surface area contributed by atoms with Gasteiger partial charge < -0.3 is 31.4 Å². The first-order valence-electron chi connectivity index (χ1n) is 9.45.